The maximum Gasteiger partial charge on any atom is 0.145 e. The number of nitrogens with zero attached hydrogens (tertiary/aromatic N) is 3. The predicted octanol–water partition coefficient (Wildman–Crippen LogP) is 1.04. The fraction of sp³-hybridized carbons (Fsp3) is 0.556. The molecule has 1 unspecified atom stereocenters. The van der Waals surface area contributed by atoms with E-state index in [2.05, 4.69) is 37.5 Å². The van der Waals surface area contributed by atoms with Crippen molar-refractivity contribution in [3.05, 3.63) is 16.1 Å². The highest BCUT2D eigenvalue weighted by Crippen LogP contribution is 2.19. The normalized spacial score (nSPS) is 22.5. The Bertz CT molecular complexity index is 374. The number of halogens is 1. The Hall–Kier alpha value is -0.240. The molecule has 2 heterocycles. The SMILES string of the molecule is O=S1CCCN(c2ncncc2I)CC1. The fourth-order valence-electron chi connectivity index (χ4n) is 1.59. The molecule has 0 N–H and O–H groups in total. The van der Waals surface area contributed by atoms with Gasteiger partial charge in [-0.2, -0.15) is 0 Å². The Morgan fingerprint density at radius 2 is 2.27 bits per heavy atom. The highest BCUT2D eigenvalue weighted by molar-refractivity contribution is 14.1. The summed E-state index contributed by atoms with van der Waals surface area (Å²) in [7, 11) is -0.646. The van der Waals surface area contributed by atoms with Gasteiger partial charge < -0.3 is 4.90 Å². The largest absolute Gasteiger partial charge is 0.355 e. The molecule has 1 saturated heterocycles. The quantitative estimate of drug-likeness (QED) is 0.719. The van der Waals surface area contributed by atoms with Gasteiger partial charge in [-0.15, -0.1) is 0 Å². The Morgan fingerprint density at radius 1 is 1.40 bits per heavy atom. The number of rotatable bonds is 1. The fourth-order valence-corrected chi connectivity index (χ4v) is 3.31. The molecule has 1 aliphatic heterocycles. The van der Waals surface area contributed by atoms with Crippen LogP contribution in [0.4, 0.5) is 5.82 Å². The van der Waals surface area contributed by atoms with Crippen LogP contribution in [0.25, 0.3) is 0 Å². The van der Waals surface area contributed by atoms with E-state index in [0.29, 0.717) is 0 Å². The zero-order valence-electron chi connectivity index (χ0n) is 8.23. The third-order valence-electron chi connectivity index (χ3n) is 2.34. The van der Waals surface area contributed by atoms with E-state index in [4.69, 9.17) is 0 Å². The molecule has 15 heavy (non-hydrogen) atoms. The summed E-state index contributed by atoms with van der Waals surface area (Å²) in [5, 5.41) is 0. The van der Waals surface area contributed by atoms with Crippen molar-refractivity contribution >= 4 is 39.2 Å². The second-order valence-electron chi connectivity index (χ2n) is 3.38. The average Bonchev–Trinajstić information content (AvgIpc) is 2.44. The van der Waals surface area contributed by atoms with E-state index in [-0.39, 0.29) is 0 Å². The van der Waals surface area contributed by atoms with Crippen LogP contribution in [0.1, 0.15) is 6.42 Å². The highest BCUT2D eigenvalue weighted by atomic mass is 127. The topological polar surface area (TPSA) is 46.1 Å². The number of hydrogen-bond acceptors (Lipinski definition) is 4. The van der Waals surface area contributed by atoms with Crippen LogP contribution in [-0.2, 0) is 10.8 Å². The van der Waals surface area contributed by atoms with E-state index in [1.165, 1.54) is 0 Å². The summed E-state index contributed by atoms with van der Waals surface area (Å²) >= 11 is 2.24. The first kappa shape index (κ1) is 11.3. The molecule has 0 amide bonds. The van der Waals surface area contributed by atoms with Gasteiger partial charge in [0, 0.05) is 41.6 Å². The van der Waals surface area contributed by atoms with E-state index < -0.39 is 10.8 Å². The van der Waals surface area contributed by atoms with E-state index >= 15 is 0 Å². The van der Waals surface area contributed by atoms with Crippen LogP contribution >= 0.6 is 22.6 Å². The molecule has 0 aromatic carbocycles. The first-order valence-corrected chi connectivity index (χ1v) is 7.39. The summed E-state index contributed by atoms with van der Waals surface area (Å²) in [6.45, 7) is 1.78. The van der Waals surface area contributed by atoms with Crippen LogP contribution in [0.15, 0.2) is 12.5 Å². The van der Waals surface area contributed by atoms with Gasteiger partial charge in [0.05, 0.1) is 3.57 Å². The molecule has 0 bridgehead atoms. The van der Waals surface area contributed by atoms with Gasteiger partial charge in [0.25, 0.3) is 0 Å². The van der Waals surface area contributed by atoms with Crippen LogP contribution in [0, 0.1) is 3.57 Å². The molecule has 1 aromatic rings. The molecule has 1 aromatic heterocycles. The summed E-state index contributed by atoms with van der Waals surface area (Å²) < 4.78 is 12.5. The van der Waals surface area contributed by atoms with Crippen LogP contribution in [0.2, 0.25) is 0 Å². The van der Waals surface area contributed by atoms with Crippen LogP contribution in [0.3, 0.4) is 0 Å². The van der Waals surface area contributed by atoms with Gasteiger partial charge in [-0.25, -0.2) is 9.97 Å². The van der Waals surface area contributed by atoms with Crippen molar-refractivity contribution in [2.45, 2.75) is 6.42 Å². The standard InChI is InChI=1S/C9H12IN3OS/c10-8-6-11-7-12-9(8)13-2-1-4-15(14)5-3-13/h6-7H,1-5H2. The second kappa shape index (κ2) is 5.20. The first-order valence-electron chi connectivity index (χ1n) is 4.83. The zero-order valence-corrected chi connectivity index (χ0v) is 11.2. The van der Waals surface area contributed by atoms with Gasteiger partial charge in [0.2, 0.25) is 0 Å². The third kappa shape index (κ3) is 2.87. The van der Waals surface area contributed by atoms with Crippen molar-refractivity contribution in [1.29, 1.82) is 0 Å². The minimum absolute atomic E-state index is 0.646. The zero-order chi connectivity index (χ0) is 10.7. The Morgan fingerprint density at radius 3 is 3.07 bits per heavy atom. The third-order valence-corrected chi connectivity index (χ3v) is 4.48. The van der Waals surface area contributed by atoms with Gasteiger partial charge in [-0.05, 0) is 29.0 Å². The van der Waals surface area contributed by atoms with Gasteiger partial charge >= 0.3 is 0 Å². The van der Waals surface area contributed by atoms with Crippen molar-refractivity contribution in [3.8, 4) is 0 Å². The lowest BCUT2D eigenvalue weighted by Crippen LogP contribution is -2.27. The molecule has 1 atom stereocenters. The van der Waals surface area contributed by atoms with Crippen LogP contribution in [-0.4, -0.2) is 38.8 Å². The van der Waals surface area contributed by atoms with Crippen molar-refractivity contribution in [3.63, 3.8) is 0 Å². The molecule has 6 heteroatoms. The summed E-state index contributed by atoms with van der Waals surface area (Å²) in [5.74, 6) is 2.54. The summed E-state index contributed by atoms with van der Waals surface area (Å²) in [4.78, 5) is 10.5. The molecule has 82 valence electrons. The molecule has 0 aliphatic carbocycles. The van der Waals surface area contributed by atoms with E-state index in [1.54, 1.807) is 6.33 Å². The minimum atomic E-state index is -0.646. The number of hydrogen-bond donors (Lipinski definition) is 0. The smallest absolute Gasteiger partial charge is 0.145 e. The number of anilines is 1. The van der Waals surface area contributed by atoms with Crippen molar-refractivity contribution in [2.24, 2.45) is 0 Å². The molecule has 1 aliphatic rings. The lowest BCUT2D eigenvalue weighted by Gasteiger charge is -2.21. The van der Waals surface area contributed by atoms with E-state index in [0.717, 1.165) is 40.4 Å². The molecule has 0 spiro atoms. The minimum Gasteiger partial charge on any atom is -0.355 e. The highest BCUT2D eigenvalue weighted by Gasteiger charge is 2.16. The molecule has 0 radical (unpaired) electrons. The van der Waals surface area contributed by atoms with Gasteiger partial charge in [0.1, 0.15) is 12.1 Å². The summed E-state index contributed by atoms with van der Waals surface area (Å²) in [6, 6.07) is 0. The molecular weight excluding hydrogens is 325 g/mol. The van der Waals surface area contributed by atoms with Gasteiger partial charge in [0.15, 0.2) is 0 Å². The van der Waals surface area contributed by atoms with Crippen molar-refractivity contribution < 1.29 is 4.21 Å². The first-order chi connectivity index (χ1) is 7.27. The maximum absolute atomic E-state index is 11.4. The van der Waals surface area contributed by atoms with E-state index in [1.807, 2.05) is 6.20 Å². The summed E-state index contributed by atoms with van der Waals surface area (Å²) in [6.07, 6.45) is 4.36. The Labute approximate surface area is 105 Å². The lowest BCUT2D eigenvalue weighted by molar-refractivity contribution is 0.683. The number of aromatic nitrogens is 2. The Balaban J connectivity index is 2.16. The Kier molecular flexibility index (Phi) is 3.90. The monoisotopic (exact) mass is 337 g/mol. The maximum atomic E-state index is 11.4. The second-order valence-corrected chi connectivity index (χ2v) is 6.24. The molecule has 4 nitrogen and oxygen atoms in total. The predicted molar refractivity (Wildman–Crippen MR) is 69.5 cm³/mol. The van der Waals surface area contributed by atoms with Crippen LogP contribution in [0.5, 0.6) is 0 Å². The van der Waals surface area contributed by atoms with Gasteiger partial charge in [-0.1, -0.05) is 0 Å². The van der Waals surface area contributed by atoms with Crippen LogP contribution < -0.4 is 4.90 Å². The molecule has 2 rings (SSSR count). The molecular formula is C9H12IN3OS. The van der Waals surface area contributed by atoms with Crippen molar-refractivity contribution in [1.82, 2.24) is 9.97 Å². The molecule has 0 saturated carbocycles. The van der Waals surface area contributed by atoms with Crippen molar-refractivity contribution in [2.75, 3.05) is 29.5 Å². The average molecular weight is 337 g/mol. The lowest BCUT2D eigenvalue weighted by atomic mass is 10.4. The molecule has 1 fully saturated rings. The summed E-state index contributed by atoms with van der Waals surface area (Å²) in [5.41, 5.74) is 0. The van der Waals surface area contributed by atoms with E-state index in [9.17, 15) is 4.21 Å². The van der Waals surface area contributed by atoms with Gasteiger partial charge in [-0.3, -0.25) is 4.21 Å².